The smallest absolute Gasteiger partial charge is 0.408 e. The summed E-state index contributed by atoms with van der Waals surface area (Å²) in [6.45, 7) is 11.6. The molecule has 3 N–H and O–H groups in total. The van der Waals surface area contributed by atoms with Gasteiger partial charge in [-0.15, -0.1) is 0 Å². The summed E-state index contributed by atoms with van der Waals surface area (Å²) in [5, 5.41) is 15.7. The minimum absolute atomic E-state index is 0.0987. The van der Waals surface area contributed by atoms with Gasteiger partial charge >= 0.3 is 6.09 Å². The van der Waals surface area contributed by atoms with Gasteiger partial charge in [-0.1, -0.05) is 86.8 Å². The quantitative estimate of drug-likeness (QED) is 0.179. The third-order valence-electron chi connectivity index (χ3n) is 7.31. The summed E-state index contributed by atoms with van der Waals surface area (Å²) in [7, 11) is 0. The van der Waals surface area contributed by atoms with E-state index in [9.17, 15) is 19.5 Å². The van der Waals surface area contributed by atoms with Gasteiger partial charge in [0.15, 0.2) is 0 Å². The van der Waals surface area contributed by atoms with Gasteiger partial charge in [0.1, 0.15) is 23.4 Å². The molecule has 0 spiro atoms. The number of hydrogen-bond donors (Lipinski definition) is 3. The highest BCUT2D eigenvalue weighted by molar-refractivity contribution is 6.00. The van der Waals surface area contributed by atoms with Crippen LogP contribution in [0.2, 0.25) is 0 Å². The summed E-state index contributed by atoms with van der Waals surface area (Å²) in [5.74, 6) is -0.634. The number of nitrogens with one attached hydrogen (secondary N) is 2. The van der Waals surface area contributed by atoms with Gasteiger partial charge in [0.2, 0.25) is 5.91 Å². The molecule has 2 unspecified atom stereocenters. The molecule has 0 saturated heterocycles. The second kappa shape index (κ2) is 15.9. The van der Waals surface area contributed by atoms with Gasteiger partial charge in [0.25, 0.3) is 5.91 Å². The van der Waals surface area contributed by atoms with Gasteiger partial charge in [-0.3, -0.25) is 9.59 Å². The first kappa shape index (κ1) is 34.2. The largest absolute Gasteiger partial charge is 0.508 e. The molecule has 0 bridgehead atoms. The van der Waals surface area contributed by atoms with Crippen LogP contribution >= 0.6 is 0 Å². The maximum Gasteiger partial charge on any atom is 0.408 e. The Hall–Kier alpha value is -4.33. The third-order valence-corrected chi connectivity index (χ3v) is 7.31. The summed E-state index contributed by atoms with van der Waals surface area (Å²) < 4.78 is 5.53. The molecule has 8 heteroatoms. The van der Waals surface area contributed by atoms with E-state index in [1.807, 2.05) is 62.4 Å². The molecule has 0 heterocycles. The van der Waals surface area contributed by atoms with Crippen molar-refractivity contribution in [1.29, 1.82) is 0 Å². The van der Waals surface area contributed by atoms with E-state index in [2.05, 4.69) is 17.6 Å². The van der Waals surface area contributed by atoms with Crippen LogP contribution in [-0.4, -0.2) is 46.1 Å². The normalized spacial score (nSPS) is 12.6. The Labute approximate surface area is 261 Å². The number of hydrogen-bond acceptors (Lipinski definition) is 5. The van der Waals surface area contributed by atoms with Crippen molar-refractivity contribution in [1.82, 2.24) is 10.2 Å². The molecular formula is C36H47N3O5. The summed E-state index contributed by atoms with van der Waals surface area (Å²) in [4.78, 5) is 43.4. The van der Waals surface area contributed by atoms with Crippen LogP contribution in [0, 0.1) is 13.8 Å². The molecule has 3 aromatic carbocycles. The molecule has 0 radical (unpaired) electrons. The number of nitrogens with zero attached hydrogens (tertiary/aromatic N) is 1. The van der Waals surface area contributed by atoms with Crippen molar-refractivity contribution in [3.05, 3.63) is 95.1 Å². The van der Waals surface area contributed by atoms with E-state index in [1.165, 1.54) is 12.1 Å². The predicted molar refractivity (Wildman–Crippen MR) is 175 cm³/mol. The molecule has 3 amide bonds. The van der Waals surface area contributed by atoms with Gasteiger partial charge in [-0.25, -0.2) is 4.79 Å². The van der Waals surface area contributed by atoms with Gasteiger partial charge in [-0.2, -0.15) is 0 Å². The number of alkyl carbamates (subject to hydrolysis) is 1. The molecule has 8 nitrogen and oxygen atoms in total. The summed E-state index contributed by atoms with van der Waals surface area (Å²) in [6.07, 6.45) is 3.02. The van der Waals surface area contributed by atoms with Crippen molar-refractivity contribution in [3.8, 4) is 5.75 Å². The number of phenols is 1. The average molecular weight is 602 g/mol. The molecule has 236 valence electrons. The van der Waals surface area contributed by atoms with Crippen molar-refractivity contribution >= 4 is 23.6 Å². The second-order valence-electron chi connectivity index (χ2n) is 12.2. The Morgan fingerprint density at radius 2 is 1.50 bits per heavy atom. The maximum absolute atomic E-state index is 14.6. The first-order valence-corrected chi connectivity index (χ1v) is 15.4. The Balaban J connectivity index is 2.07. The number of rotatable bonds is 13. The first-order valence-electron chi connectivity index (χ1n) is 15.4. The minimum Gasteiger partial charge on any atom is -0.508 e. The third kappa shape index (κ3) is 10.1. The second-order valence-corrected chi connectivity index (χ2v) is 12.2. The number of benzene rings is 3. The molecule has 0 fully saturated rings. The average Bonchev–Trinajstić information content (AvgIpc) is 2.96. The number of unbranched alkanes of at least 4 members (excludes halogenated alkanes) is 3. The summed E-state index contributed by atoms with van der Waals surface area (Å²) in [6, 6.07) is 19.6. The number of carbonyl (C=O) groups is 3. The highest BCUT2D eigenvalue weighted by Gasteiger charge is 2.36. The maximum atomic E-state index is 14.6. The molecule has 0 aromatic heterocycles. The Bertz CT molecular complexity index is 1360. The number of para-hydroxylation sites is 1. The lowest BCUT2D eigenvalue weighted by Gasteiger charge is -2.35. The topological polar surface area (TPSA) is 108 Å². The van der Waals surface area contributed by atoms with E-state index >= 15 is 0 Å². The molecule has 0 aliphatic heterocycles. The van der Waals surface area contributed by atoms with Crippen molar-refractivity contribution in [2.45, 2.75) is 91.3 Å². The van der Waals surface area contributed by atoms with E-state index in [-0.39, 0.29) is 18.1 Å². The fourth-order valence-electron chi connectivity index (χ4n) is 5.10. The molecule has 3 rings (SSSR count). The van der Waals surface area contributed by atoms with Crippen LogP contribution in [0.15, 0.2) is 72.8 Å². The van der Waals surface area contributed by atoms with Crippen molar-refractivity contribution < 1.29 is 24.2 Å². The fraction of sp³-hybridized carbons (Fsp3) is 0.417. The van der Waals surface area contributed by atoms with Crippen LogP contribution in [0.5, 0.6) is 5.75 Å². The van der Waals surface area contributed by atoms with Gasteiger partial charge < -0.3 is 25.4 Å². The van der Waals surface area contributed by atoms with Crippen LogP contribution in [0.25, 0.3) is 0 Å². The molecule has 0 aliphatic carbocycles. The number of amides is 3. The van der Waals surface area contributed by atoms with E-state index in [0.717, 1.165) is 36.0 Å². The molecule has 0 aliphatic rings. The lowest BCUT2D eigenvalue weighted by atomic mass is 9.99. The highest BCUT2D eigenvalue weighted by atomic mass is 16.6. The number of aryl methyl sites for hydroxylation is 2. The zero-order chi connectivity index (χ0) is 32.3. The van der Waals surface area contributed by atoms with E-state index in [4.69, 9.17) is 4.74 Å². The van der Waals surface area contributed by atoms with Gasteiger partial charge in [-0.05, 0) is 75.4 Å². The fourth-order valence-corrected chi connectivity index (χ4v) is 5.10. The van der Waals surface area contributed by atoms with Crippen molar-refractivity contribution in [3.63, 3.8) is 0 Å². The lowest BCUT2D eigenvalue weighted by Crippen LogP contribution is -2.53. The zero-order valence-electron chi connectivity index (χ0n) is 26.9. The molecule has 2 atom stereocenters. The van der Waals surface area contributed by atoms with Gasteiger partial charge in [0.05, 0.1) is 0 Å². The predicted octanol–water partition coefficient (Wildman–Crippen LogP) is 7.23. The van der Waals surface area contributed by atoms with E-state index in [1.54, 1.807) is 37.8 Å². The highest BCUT2D eigenvalue weighted by Crippen LogP contribution is 2.28. The molecule has 0 saturated carbocycles. The van der Waals surface area contributed by atoms with E-state index in [0.29, 0.717) is 24.2 Å². The van der Waals surface area contributed by atoms with Crippen LogP contribution in [-0.2, 0) is 20.7 Å². The van der Waals surface area contributed by atoms with Gasteiger partial charge in [0, 0.05) is 18.7 Å². The Kier molecular flexibility index (Phi) is 12.4. The number of phenolic OH excluding ortho intramolecular Hbond substituents is 1. The minimum atomic E-state index is -1.03. The van der Waals surface area contributed by atoms with Crippen molar-refractivity contribution in [2.24, 2.45) is 0 Å². The van der Waals surface area contributed by atoms with Crippen LogP contribution < -0.4 is 10.6 Å². The molecule has 3 aromatic rings. The van der Waals surface area contributed by atoms with Crippen molar-refractivity contribution in [2.75, 3.05) is 11.9 Å². The number of aromatic hydroxyl groups is 1. The van der Waals surface area contributed by atoms with Crippen LogP contribution in [0.1, 0.15) is 81.7 Å². The Morgan fingerprint density at radius 1 is 0.864 bits per heavy atom. The molecular weight excluding hydrogens is 554 g/mol. The standard InChI is InChI=1S/C36H47N3O5/c1-7-8-9-13-23-39(32(28-17-11-10-12-18-28)33(41)38-31-25(2)15-14-16-26(31)3)34(42)30(37-35(43)44-36(4,5)6)24-27-19-21-29(40)22-20-27/h10-12,14-22,30,32,40H,7-9,13,23-24H2,1-6H3,(H,37,43)(H,38,41). The number of anilines is 1. The number of carbonyl (C=O) groups excluding carboxylic acids is 3. The zero-order valence-corrected chi connectivity index (χ0v) is 26.9. The van der Waals surface area contributed by atoms with E-state index < -0.39 is 29.7 Å². The summed E-state index contributed by atoms with van der Waals surface area (Å²) in [5.41, 5.74) is 3.18. The van der Waals surface area contributed by atoms with Crippen LogP contribution in [0.4, 0.5) is 10.5 Å². The molecule has 44 heavy (non-hydrogen) atoms. The Morgan fingerprint density at radius 3 is 2.09 bits per heavy atom. The first-order chi connectivity index (χ1) is 20.9. The number of ether oxygens (including phenoxy) is 1. The van der Waals surface area contributed by atoms with Crippen LogP contribution in [0.3, 0.4) is 0 Å². The monoisotopic (exact) mass is 601 g/mol. The summed E-state index contributed by atoms with van der Waals surface area (Å²) >= 11 is 0. The SMILES string of the molecule is CCCCCCN(C(=O)C(Cc1ccc(O)cc1)NC(=O)OC(C)(C)C)C(C(=O)Nc1c(C)cccc1C)c1ccccc1. The lowest BCUT2D eigenvalue weighted by molar-refractivity contribution is -0.140.